The monoisotopic (exact) mass is 515 g/mol. The minimum Gasteiger partial charge on any atom is -0.444 e. The molecule has 2 aromatic rings. The second-order valence-corrected chi connectivity index (χ2v) is 10.7. The first-order valence-corrected chi connectivity index (χ1v) is 13.2. The van der Waals surface area contributed by atoms with Crippen LogP contribution in [0, 0.1) is 11.3 Å². The minimum atomic E-state index is -0.541. The Morgan fingerprint density at radius 3 is 1.79 bits per heavy atom. The maximum atomic E-state index is 13.3. The highest BCUT2D eigenvalue weighted by molar-refractivity contribution is 5.97. The topological polar surface area (TPSA) is 80.1 Å². The Labute approximate surface area is 225 Å². The fraction of sp³-hybridized carbons (Fsp3) is 0.433. The maximum Gasteiger partial charge on any atom is 0.410 e. The van der Waals surface area contributed by atoms with Gasteiger partial charge in [-0.3, -0.25) is 9.69 Å². The molecule has 0 unspecified atom stereocenters. The fourth-order valence-corrected chi connectivity index (χ4v) is 4.91. The van der Waals surface area contributed by atoms with Gasteiger partial charge in [-0.25, -0.2) is 4.79 Å². The normalized spacial score (nSPS) is 17.3. The smallest absolute Gasteiger partial charge is 0.410 e. The predicted molar refractivity (Wildman–Crippen MR) is 146 cm³/mol. The molecular formula is C30H37N5O3. The number of piperazine rings is 2. The van der Waals surface area contributed by atoms with Crippen LogP contribution in [0.3, 0.4) is 0 Å². The summed E-state index contributed by atoms with van der Waals surface area (Å²) in [6.45, 7) is 10.1. The molecule has 38 heavy (non-hydrogen) atoms. The van der Waals surface area contributed by atoms with E-state index < -0.39 is 5.60 Å². The standard InChI is InChI=1S/C30H37N5O3/c1-30(2,3)38-29(37)35-16-14-32(15-17-35)23-26(22-31)28(36)34-20-18-33(19-21-34)27(24-10-6-4-7-11-24)25-12-8-5-9-13-25/h4-13,23,27H,14-21H2,1-3H3/b26-23-. The number of carbonyl (C=O) groups is 2. The highest BCUT2D eigenvalue weighted by Crippen LogP contribution is 2.29. The van der Waals surface area contributed by atoms with Crippen LogP contribution >= 0.6 is 0 Å². The van der Waals surface area contributed by atoms with E-state index in [1.165, 1.54) is 11.1 Å². The first-order chi connectivity index (χ1) is 18.2. The molecule has 2 fully saturated rings. The molecule has 8 nitrogen and oxygen atoms in total. The number of hydrogen-bond acceptors (Lipinski definition) is 6. The zero-order valence-corrected chi connectivity index (χ0v) is 22.5. The second-order valence-electron chi connectivity index (χ2n) is 10.7. The second kappa shape index (κ2) is 12.1. The summed E-state index contributed by atoms with van der Waals surface area (Å²) >= 11 is 0. The van der Waals surface area contributed by atoms with E-state index >= 15 is 0 Å². The number of carbonyl (C=O) groups excluding carboxylic acids is 2. The molecule has 0 spiro atoms. The van der Waals surface area contributed by atoms with E-state index in [2.05, 4.69) is 59.5 Å². The molecule has 2 aliphatic heterocycles. The molecule has 0 saturated carbocycles. The number of hydrogen-bond donors (Lipinski definition) is 0. The van der Waals surface area contributed by atoms with Crippen LogP contribution in [0.5, 0.6) is 0 Å². The third-order valence-electron chi connectivity index (χ3n) is 6.83. The number of benzene rings is 2. The molecule has 2 saturated heterocycles. The van der Waals surface area contributed by atoms with E-state index in [4.69, 9.17) is 4.74 Å². The van der Waals surface area contributed by atoms with Crippen molar-refractivity contribution in [2.24, 2.45) is 0 Å². The number of amides is 2. The van der Waals surface area contributed by atoms with Gasteiger partial charge < -0.3 is 19.4 Å². The van der Waals surface area contributed by atoms with Gasteiger partial charge in [0.25, 0.3) is 5.91 Å². The Kier molecular flexibility index (Phi) is 8.70. The summed E-state index contributed by atoms with van der Waals surface area (Å²) in [4.78, 5) is 33.4. The molecule has 2 heterocycles. The molecule has 0 radical (unpaired) electrons. The van der Waals surface area contributed by atoms with Gasteiger partial charge in [0.2, 0.25) is 0 Å². The summed E-state index contributed by atoms with van der Waals surface area (Å²) in [5.74, 6) is -0.238. The molecular weight excluding hydrogens is 478 g/mol. The number of nitrogens with zero attached hydrogens (tertiary/aromatic N) is 5. The zero-order valence-electron chi connectivity index (χ0n) is 22.5. The van der Waals surface area contributed by atoms with Crippen LogP contribution < -0.4 is 0 Å². The number of nitriles is 1. The van der Waals surface area contributed by atoms with Crippen molar-refractivity contribution in [1.82, 2.24) is 19.6 Å². The van der Waals surface area contributed by atoms with Crippen molar-refractivity contribution in [3.05, 3.63) is 83.6 Å². The molecule has 0 atom stereocenters. The summed E-state index contributed by atoms with van der Waals surface area (Å²) in [6.07, 6.45) is 1.32. The van der Waals surface area contributed by atoms with Gasteiger partial charge in [-0.15, -0.1) is 0 Å². The Bertz CT molecular complexity index is 1110. The third kappa shape index (κ3) is 6.93. The molecule has 0 N–H and O–H groups in total. The summed E-state index contributed by atoms with van der Waals surface area (Å²) < 4.78 is 5.45. The Morgan fingerprint density at radius 2 is 1.32 bits per heavy atom. The third-order valence-corrected chi connectivity index (χ3v) is 6.83. The molecule has 2 amide bonds. The van der Waals surface area contributed by atoms with Gasteiger partial charge in [0, 0.05) is 58.6 Å². The van der Waals surface area contributed by atoms with Gasteiger partial charge in [0.1, 0.15) is 17.2 Å². The van der Waals surface area contributed by atoms with Crippen molar-refractivity contribution in [1.29, 1.82) is 5.26 Å². The first-order valence-electron chi connectivity index (χ1n) is 13.2. The number of rotatable bonds is 5. The summed E-state index contributed by atoms with van der Waals surface area (Å²) in [5, 5.41) is 9.78. The molecule has 2 aliphatic rings. The van der Waals surface area contributed by atoms with Crippen molar-refractivity contribution in [3.63, 3.8) is 0 Å². The van der Waals surface area contributed by atoms with Gasteiger partial charge in [0.05, 0.1) is 6.04 Å². The summed E-state index contributed by atoms with van der Waals surface area (Å²) in [5.41, 5.74) is 2.04. The fourth-order valence-electron chi connectivity index (χ4n) is 4.91. The predicted octanol–water partition coefficient (Wildman–Crippen LogP) is 3.88. The van der Waals surface area contributed by atoms with E-state index in [1.54, 1.807) is 16.0 Å². The average molecular weight is 516 g/mol. The van der Waals surface area contributed by atoms with Crippen LogP contribution in [-0.4, -0.2) is 89.6 Å². The zero-order chi connectivity index (χ0) is 27.1. The lowest BCUT2D eigenvalue weighted by Crippen LogP contribution is -2.50. The molecule has 0 aliphatic carbocycles. The van der Waals surface area contributed by atoms with Crippen LogP contribution in [0.15, 0.2) is 72.4 Å². The highest BCUT2D eigenvalue weighted by Gasteiger charge is 2.30. The number of ether oxygens (including phenoxy) is 1. The molecule has 0 bridgehead atoms. The van der Waals surface area contributed by atoms with Crippen molar-refractivity contribution >= 4 is 12.0 Å². The van der Waals surface area contributed by atoms with Gasteiger partial charge in [-0.2, -0.15) is 5.26 Å². The Morgan fingerprint density at radius 1 is 0.816 bits per heavy atom. The van der Waals surface area contributed by atoms with Crippen LogP contribution in [0.2, 0.25) is 0 Å². The van der Waals surface area contributed by atoms with Gasteiger partial charge in [-0.1, -0.05) is 60.7 Å². The molecule has 0 aromatic heterocycles. The highest BCUT2D eigenvalue weighted by atomic mass is 16.6. The van der Waals surface area contributed by atoms with Crippen LogP contribution in [0.1, 0.15) is 37.9 Å². The van der Waals surface area contributed by atoms with Gasteiger partial charge in [-0.05, 0) is 31.9 Å². The van der Waals surface area contributed by atoms with Crippen LogP contribution in [0.25, 0.3) is 0 Å². The van der Waals surface area contributed by atoms with E-state index in [0.29, 0.717) is 52.4 Å². The lowest BCUT2D eigenvalue weighted by atomic mass is 9.96. The summed E-state index contributed by atoms with van der Waals surface area (Å²) in [7, 11) is 0. The first kappa shape index (κ1) is 27.2. The van der Waals surface area contributed by atoms with E-state index in [1.807, 2.05) is 37.8 Å². The lowest BCUT2D eigenvalue weighted by Gasteiger charge is -2.40. The molecule has 4 rings (SSSR count). The molecule has 2 aromatic carbocycles. The average Bonchev–Trinajstić information content (AvgIpc) is 2.92. The molecule has 200 valence electrons. The largest absolute Gasteiger partial charge is 0.444 e. The quantitative estimate of drug-likeness (QED) is 0.444. The van der Waals surface area contributed by atoms with Crippen molar-refractivity contribution in [3.8, 4) is 6.07 Å². The van der Waals surface area contributed by atoms with Crippen LogP contribution in [0.4, 0.5) is 4.79 Å². The molecule has 8 heteroatoms. The van der Waals surface area contributed by atoms with Crippen molar-refractivity contribution < 1.29 is 14.3 Å². The van der Waals surface area contributed by atoms with E-state index in [-0.39, 0.29) is 23.6 Å². The van der Waals surface area contributed by atoms with Gasteiger partial charge >= 0.3 is 6.09 Å². The summed E-state index contributed by atoms with van der Waals surface area (Å²) in [6, 6.07) is 23.1. The SMILES string of the molecule is CC(C)(C)OC(=O)N1CCN(/C=C(/C#N)C(=O)N2CCN(C(c3ccccc3)c3ccccc3)CC2)CC1. The van der Waals surface area contributed by atoms with Crippen LogP contribution in [-0.2, 0) is 9.53 Å². The van der Waals surface area contributed by atoms with Crippen molar-refractivity contribution in [2.45, 2.75) is 32.4 Å². The Balaban J connectivity index is 1.36. The van der Waals surface area contributed by atoms with E-state index in [9.17, 15) is 14.9 Å². The maximum absolute atomic E-state index is 13.3. The van der Waals surface area contributed by atoms with Gasteiger partial charge in [0.15, 0.2) is 0 Å². The Hall–Kier alpha value is -3.83. The minimum absolute atomic E-state index is 0.113. The lowest BCUT2D eigenvalue weighted by molar-refractivity contribution is -0.128. The van der Waals surface area contributed by atoms with E-state index in [0.717, 1.165) is 0 Å². The van der Waals surface area contributed by atoms with Crippen molar-refractivity contribution in [2.75, 3.05) is 52.4 Å².